The van der Waals surface area contributed by atoms with Crippen LogP contribution in [0.4, 0.5) is 0 Å². The van der Waals surface area contributed by atoms with Crippen LogP contribution in [0, 0.1) is 0 Å². The molecule has 0 aromatic heterocycles. The van der Waals surface area contributed by atoms with Gasteiger partial charge in [0, 0.05) is 13.0 Å². The van der Waals surface area contributed by atoms with Crippen LogP contribution in [-0.2, 0) is 19.1 Å². The van der Waals surface area contributed by atoms with Crippen molar-refractivity contribution < 1.29 is 24.2 Å². The molecule has 0 fully saturated rings. The number of carbonyl (C=O) groups excluding carboxylic acids is 2. The zero-order valence-electron chi connectivity index (χ0n) is 8.15. The number of carbonyl (C=O) groups is 2. The van der Waals surface area contributed by atoms with E-state index in [-0.39, 0.29) is 0 Å². The van der Waals surface area contributed by atoms with Gasteiger partial charge in [0.2, 0.25) is 16.2 Å². The first-order chi connectivity index (χ1) is 7.21. The number of rotatable bonds is 5. The van der Waals surface area contributed by atoms with Gasteiger partial charge in [0.25, 0.3) is 0 Å². The van der Waals surface area contributed by atoms with Gasteiger partial charge in [-0.2, -0.15) is 0 Å². The molecule has 0 heterocycles. The Balaban J connectivity index is 4.56. The smallest absolute Gasteiger partial charge is 0.331 e. The minimum atomic E-state index is -2.45. The molecule has 0 radical (unpaired) electrons. The Hall–Kier alpha value is -0.490. The lowest BCUT2D eigenvalue weighted by Crippen LogP contribution is -2.45. The Morgan fingerprint density at radius 3 is 2.19 bits per heavy atom. The SMILES string of the molecule is C=CC(=O)OC(Cl)C(O)(Cl)C(Cl)OC(C)=O. The van der Waals surface area contributed by atoms with E-state index < -0.39 is 28.1 Å². The molecule has 0 aliphatic rings. The molecule has 0 saturated carbocycles. The summed E-state index contributed by atoms with van der Waals surface area (Å²) in [6, 6.07) is 0. The number of halogens is 3. The van der Waals surface area contributed by atoms with E-state index in [4.69, 9.17) is 34.8 Å². The summed E-state index contributed by atoms with van der Waals surface area (Å²) in [5.74, 6) is -1.69. The summed E-state index contributed by atoms with van der Waals surface area (Å²) in [6.45, 7) is 4.17. The summed E-state index contributed by atoms with van der Waals surface area (Å²) in [7, 11) is 0. The first-order valence-corrected chi connectivity index (χ1v) is 5.16. The highest BCUT2D eigenvalue weighted by Gasteiger charge is 2.45. The molecule has 0 aliphatic heterocycles. The van der Waals surface area contributed by atoms with E-state index in [9.17, 15) is 14.7 Å². The molecule has 8 heteroatoms. The predicted octanol–water partition coefficient (Wildman–Crippen LogP) is 1.34. The lowest BCUT2D eigenvalue weighted by molar-refractivity contribution is -0.157. The molecule has 16 heavy (non-hydrogen) atoms. The average Bonchev–Trinajstić information content (AvgIpc) is 2.16. The van der Waals surface area contributed by atoms with Gasteiger partial charge in [-0.3, -0.25) is 4.79 Å². The van der Waals surface area contributed by atoms with Crippen LogP contribution in [0.25, 0.3) is 0 Å². The number of ether oxygens (including phenoxy) is 2. The summed E-state index contributed by atoms with van der Waals surface area (Å²) in [6.07, 6.45) is 0.817. The normalized spacial score (nSPS) is 17.8. The molecule has 3 atom stereocenters. The number of hydrogen-bond acceptors (Lipinski definition) is 5. The first kappa shape index (κ1) is 15.5. The highest BCUT2D eigenvalue weighted by atomic mass is 35.5. The van der Waals surface area contributed by atoms with E-state index >= 15 is 0 Å². The fourth-order valence-electron chi connectivity index (χ4n) is 0.564. The van der Waals surface area contributed by atoms with Gasteiger partial charge in [-0.1, -0.05) is 41.4 Å². The molecule has 0 aliphatic carbocycles. The Labute approximate surface area is 107 Å². The van der Waals surface area contributed by atoms with Crippen molar-refractivity contribution in [3.63, 3.8) is 0 Å². The Morgan fingerprint density at radius 2 is 1.81 bits per heavy atom. The van der Waals surface area contributed by atoms with Crippen molar-refractivity contribution in [1.82, 2.24) is 0 Å². The molecule has 0 aromatic rings. The van der Waals surface area contributed by atoms with Gasteiger partial charge >= 0.3 is 11.9 Å². The van der Waals surface area contributed by atoms with Crippen LogP contribution in [-0.4, -0.2) is 33.2 Å². The maximum absolute atomic E-state index is 10.8. The lowest BCUT2D eigenvalue weighted by atomic mass is 10.4. The monoisotopic (exact) mass is 290 g/mol. The summed E-state index contributed by atoms with van der Waals surface area (Å²) in [4.78, 5) is 21.3. The van der Waals surface area contributed by atoms with Gasteiger partial charge in [0.15, 0.2) is 0 Å². The maximum Gasteiger partial charge on any atom is 0.331 e. The van der Waals surface area contributed by atoms with Crippen molar-refractivity contribution in [2.24, 2.45) is 0 Å². The average molecular weight is 292 g/mol. The molecule has 92 valence electrons. The van der Waals surface area contributed by atoms with E-state index in [1.165, 1.54) is 0 Å². The summed E-state index contributed by atoms with van der Waals surface area (Å²) >= 11 is 16.4. The topological polar surface area (TPSA) is 72.8 Å². The highest BCUT2D eigenvalue weighted by Crippen LogP contribution is 2.31. The van der Waals surface area contributed by atoms with Crippen molar-refractivity contribution >= 4 is 46.7 Å². The van der Waals surface area contributed by atoms with Gasteiger partial charge in [-0.05, 0) is 0 Å². The summed E-state index contributed by atoms with van der Waals surface area (Å²) < 4.78 is 8.81. The van der Waals surface area contributed by atoms with Gasteiger partial charge in [0.1, 0.15) is 0 Å². The van der Waals surface area contributed by atoms with E-state index in [1.54, 1.807) is 0 Å². The number of aliphatic hydroxyl groups is 1. The molecular formula is C8H9Cl3O5. The van der Waals surface area contributed by atoms with Gasteiger partial charge in [0.05, 0.1) is 0 Å². The van der Waals surface area contributed by atoms with Crippen LogP contribution in [0.5, 0.6) is 0 Å². The second-order valence-corrected chi connectivity index (χ2v) is 4.01. The van der Waals surface area contributed by atoms with E-state index in [0.717, 1.165) is 13.0 Å². The fourth-order valence-corrected chi connectivity index (χ4v) is 1.16. The van der Waals surface area contributed by atoms with Crippen LogP contribution < -0.4 is 0 Å². The molecule has 3 unspecified atom stereocenters. The van der Waals surface area contributed by atoms with Gasteiger partial charge in [-0.25, -0.2) is 4.79 Å². The predicted molar refractivity (Wildman–Crippen MR) is 58.1 cm³/mol. The third-order valence-electron chi connectivity index (χ3n) is 1.29. The highest BCUT2D eigenvalue weighted by molar-refractivity contribution is 6.36. The standard InChI is InChI=1S/C8H9Cl3O5/c1-3-5(13)16-7(10)8(11,14)6(9)15-4(2)12/h3,6-7,14H,1H2,2H3. The van der Waals surface area contributed by atoms with Crippen molar-refractivity contribution in [1.29, 1.82) is 0 Å². The van der Waals surface area contributed by atoms with Gasteiger partial charge < -0.3 is 14.6 Å². The number of esters is 2. The zero-order chi connectivity index (χ0) is 12.9. The van der Waals surface area contributed by atoms with Gasteiger partial charge in [-0.15, -0.1) is 0 Å². The van der Waals surface area contributed by atoms with E-state index in [0.29, 0.717) is 0 Å². The second-order valence-electron chi connectivity index (χ2n) is 2.61. The van der Waals surface area contributed by atoms with E-state index in [2.05, 4.69) is 16.1 Å². The Kier molecular flexibility index (Phi) is 6.10. The van der Waals surface area contributed by atoms with Crippen molar-refractivity contribution in [2.45, 2.75) is 23.1 Å². The van der Waals surface area contributed by atoms with Crippen LogP contribution in [0.3, 0.4) is 0 Å². The largest absolute Gasteiger partial charge is 0.441 e. The molecule has 0 bridgehead atoms. The minimum Gasteiger partial charge on any atom is -0.441 e. The van der Waals surface area contributed by atoms with Crippen LogP contribution in [0.2, 0.25) is 0 Å². The zero-order valence-corrected chi connectivity index (χ0v) is 10.4. The van der Waals surface area contributed by atoms with Crippen LogP contribution >= 0.6 is 34.8 Å². The molecule has 1 N–H and O–H groups in total. The molecule has 0 rings (SSSR count). The van der Waals surface area contributed by atoms with Crippen LogP contribution in [0.15, 0.2) is 12.7 Å². The number of alkyl halides is 3. The first-order valence-electron chi connectivity index (χ1n) is 3.91. The molecule has 0 saturated heterocycles. The Bertz CT molecular complexity index is 291. The second kappa shape index (κ2) is 6.30. The quantitative estimate of drug-likeness (QED) is 0.470. The summed E-state index contributed by atoms with van der Waals surface area (Å²) in [5, 5.41) is 7.11. The minimum absolute atomic E-state index is 0.780. The molecule has 5 nitrogen and oxygen atoms in total. The maximum atomic E-state index is 10.8. The molecular weight excluding hydrogens is 282 g/mol. The third-order valence-corrected chi connectivity index (χ3v) is 2.76. The third kappa shape index (κ3) is 4.57. The Morgan fingerprint density at radius 1 is 1.38 bits per heavy atom. The molecule has 0 amide bonds. The fraction of sp³-hybridized carbons (Fsp3) is 0.500. The van der Waals surface area contributed by atoms with Crippen LogP contribution in [0.1, 0.15) is 6.92 Å². The summed E-state index contributed by atoms with van der Waals surface area (Å²) in [5.41, 5.74) is -3.38. The molecule has 0 spiro atoms. The van der Waals surface area contributed by atoms with Crippen molar-refractivity contribution in [2.75, 3.05) is 0 Å². The lowest BCUT2D eigenvalue weighted by Gasteiger charge is -2.28. The van der Waals surface area contributed by atoms with Crippen molar-refractivity contribution in [3.05, 3.63) is 12.7 Å². The van der Waals surface area contributed by atoms with E-state index in [1.807, 2.05) is 0 Å². The molecule has 0 aromatic carbocycles. The number of hydrogen-bond donors (Lipinski definition) is 1. The van der Waals surface area contributed by atoms with Crippen molar-refractivity contribution in [3.8, 4) is 0 Å².